The fourth-order valence-electron chi connectivity index (χ4n) is 2.98. The number of amides is 2. The summed E-state index contributed by atoms with van der Waals surface area (Å²) in [5.41, 5.74) is 0.749. The van der Waals surface area contributed by atoms with Crippen molar-refractivity contribution in [1.82, 2.24) is 4.90 Å². The van der Waals surface area contributed by atoms with E-state index in [1.165, 1.54) is 12.1 Å². The number of benzene rings is 2. The fraction of sp³-hybridized carbons (Fsp3) is 0.263. The van der Waals surface area contributed by atoms with Gasteiger partial charge in [-0.15, -0.1) is 0 Å². The van der Waals surface area contributed by atoms with E-state index in [4.69, 9.17) is 0 Å². The molecule has 2 amide bonds. The summed E-state index contributed by atoms with van der Waals surface area (Å²) >= 11 is 3.40. The molecule has 3 rings (SSSR count). The molecule has 1 heterocycles. The molecule has 1 aliphatic heterocycles. The second-order valence-corrected chi connectivity index (χ2v) is 6.89. The fourth-order valence-corrected chi connectivity index (χ4v) is 3.36. The van der Waals surface area contributed by atoms with Crippen molar-refractivity contribution in [3.05, 3.63) is 64.4 Å². The summed E-state index contributed by atoms with van der Waals surface area (Å²) in [5.74, 6) is -1.33. The van der Waals surface area contributed by atoms with Gasteiger partial charge in [-0.05, 0) is 53.0 Å². The number of hydrogen-bond donors (Lipinski definition) is 1. The van der Waals surface area contributed by atoms with E-state index in [0.29, 0.717) is 31.6 Å². The minimum absolute atomic E-state index is 0.0503. The Labute approximate surface area is 154 Å². The molecule has 0 unspecified atom stereocenters. The number of rotatable bonds is 3. The molecule has 0 spiro atoms. The number of nitrogens with one attached hydrogen (secondary N) is 1. The smallest absolute Gasteiger partial charge is 0.256 e. The van der Waals surface area contributed by atoms with Gasteiger partial charge in [-0.1, -0.05) is 24.3 Å². The summed E-state index contributed by atoms with van der Waals surface area (Å²) in [6.45, 7) is 0.829. The van der Waals surface area contributed by atoms with E-state index in [1.54, 1.807) is 17.0 Å². The third-order valence-corrected chi connectivity index (χ3v) is 5.01. The van der Waals surface area contributed by atoms with E-state index in [9.17, 15) is 14.0 Å². The Morgan fingerprint density at radius 2 is 1.84 bits per heavy atom. The van der Waals surface area contributed by atoms with Gasteiger partial charge >= 0.3 is 0 Å². The second kappa shape index (κ2) is 7.78. The maximum absolute atomic E-state index is 13.9. The number of carbonyl (C=O) groups excluding carboxylic acids is 2. The molecule has 4 nitrogen and oxygen atoms in total. The largest absolute Gasteiger partial charge is 0.338 e. The maximum atomic E-state index is 13.9. The first-order valence-electron chi connectivity index (χ1n) is 8.15. The molecule has 1 atom stereocenters. The number of carbonyl (C=O) groups is 2. The zero-order valence-electron chi connectivity index (χ0n) is 13.5. The summed E-state index contributed by atoms with van der Waals surface area (Å²) in [6, 6.07) is 13.3. The molecule has 0 bridgehead atoms. The number of para-hydroxylation sites is 1. The lowest BCUT2D eigenvalue weighted by atomic mass is 9.96. The lowest BCUT2D eigenvalue weighted by Crippen LogP contribution is -2.44. The molecular weight excluding hydrogens is 387 g/mol. The van der Waals surface area contributed by atoms with Crippen molar-refractivity contribution in [3.8, 4) is 0 Å². The third-order valence-electron chi connectivity index (χ3n) is 4.32. The first kappa shape index (κ1) is 17.6. The highest BCUT2D eigenvalue weighted by Crippen LogP contribution is 2.25. The quantitative estimate of drug-likeness (QED) is 0.837. The Morgan fingerprint density at radius 1 is 1.12 bits per heavy atom. The highest BCUT2D eigenvalue weighted by atomic mass is 79.9. The van der Waals surface area contributed by atoms with Crippen molar-refractivity contribution in [3.63, 3.8) is 0 Å². The van der Waals surface area contributed by atoms with E-state index < -0.39 is 5.82 Å². The van der Waals surface area contributed by atoms with Gasteiger partial charge in [-0.25, -0.2) is 4.39 Å². The Bertz CT molecular complexity index is 796. The monoisotopic (exact) mass is 404 g/mol. The minimum Gasteiger partial charge on any atom is -0.338 e. The van der Waals surface area contributed by atoms with Crippen LogP contribution in [0, 0.1) is 11.7 Å². The molecule has 6 heteroatoms. The molecule has 0 aromatic heterocycles. The molecular formula is C19H18BrFN2O2. The highest BCUT2D eigenvalue weighted by molar-refractivity contribution is 9.10. The molecule has 1 fully saturated rings. The van der Waals surface area contributed by atoms with Gasteiger partial charge in [0.15, 0.2) is 0 Å². The number of piperidine rings is 1. The SMILES string of the molecule is O=C(Nc1ccccc1Br)[C@@H]1CCCN(C(=O)c2ccccc2F)C1. The third kappa shape index (κ3) is 4.07. The molecule has 2 aromatic rings. The average Bonchev–Trinajstić information content (AvgIpc) is 2.63. The van der Waals surface area contributed by atoms with Crippen molar-refractivity contribution in [2.24, 2.45) is 5.92 Å². The molecule has 25 heavy (non-hydrogen) atoms. The van der Waals surface area contributed by atoms with Gasteiger partial charge in [-0.2, -0.15) is 0 Å². The van der Waals surface area contributed by atoms with Crippen LogP contribution in [0.1, 0.15) is 23.2 Å². The topological polar surface area (TPSA) is 49.4 Å². The number of hydrogen-bond acceptors (Lipinski definition) is 2. The zero-order chi connectivity index (χ0) is 17.8. The molecule has 1 N–H and O–H groups in total. The molecule has 1 saturated heterocycles. The van der Waals surface area contributed by atoms with Crippen molar-refractivity contribution in [2.45, 2.75) is 12.8 Å². The number of anilines is 1. The Kier molecular flexibility index (Phi) is 5.48. The van der Waals surface area contributed by atoms with Gasteiger partial charge in [-0.3, -0.25) is 9.59 Å². The summed E-state index contributed by atoms with van der Waals surface area (Å²) in [6.07, 6.45) is 1.42. The Morgan fingerprint density at radius 3 is 2.60 bits per heavy atom. The second-order valence-electron chi connectivity index (χ2n) is 6.04. The van der Waals surface area contributed by atoms with E-state index in [-0.39, 0.29) is 23.3 Å². The minimum atomic E-state index is -0.535. The van der Waals surface area contributed by atoms with Gasteiger partial charge in [0.25, 0.3) is 5.91 Å². The van der Waals surface area contributed by atoms with Crippen molar-refractivity contribution < 1.29 is 14.0 Å². The van der Waals surface area contributed by atoms with Gasteiger partial charge in [0.05, 0.1) is 17.2 Å². The van der Waals surface area contributed by atoms with Crippen LogP contribution in [-0.4, -0.2) is 29.8 Å². The van der Waals surface area contributed by atoms with Crippen LogP contribution in [0.5, 0.6) is 0 Å². The summed E-state index contributed by atoms with van der Waals surface area (Å²) < 4.78 is 14.7. The number of likely N-dealkylation sites (tertiary alicyclic amines) is 1. The van der Waals surface area contributed by atoms with Crippen LogP contribution in [0.15, 0.2) is 53.0 Å². The number of nitrogens with zero attached hydrogens (tertiary/aromatic N) is 1. The zero-order valence-corrected chi connectivity index (χ0v) is 15.1. The highest BCUT2D eigenvalue weighted by Gasteiger charge is 2.30. The predicted molar refractivity (Wildman–Crippen MR) is 97.8 cm³/mol. The Hall–Kier alpha value is -2.21. The first-order valence-corrected chi connectivity index (χ1v) is 8.95. The average molecular weight is 405 g/mol. The number of halogens is 2. The lowest BCUT2D eigenvalue weighted by Gasteiger charge is -2.32. The van der Waals surface area contributed by atoms with E-state index in [2.05, 4.69) is 21.2 Å². The predicted octanol–water partition coefficient (Wildman–Crippen LogP) is 4.08. The van der Waals surface area contributed by atoms with Crippen LogP contribution in [0.3, 0.4) is 0 Å². The van der Waals surface area contributed by atoms with Gasteiger partial charge in [0, 0.05) is 17.6 Å². The molecule has 0 aliphatic carbocycles. The standard InChI is InChI=1S/C19H18BrFN2O2/c20-15-8-2-4-10-17(15)22-18(24)13-6-5-11-23(12-13)19(25)14-7-1-3-9-16(14)21/h1-4,7-10,13H,5-6,11-12H2,(H,22,24)/t13-/m1/s1. The van der Waals surface area contributed by atoms with Crippen molar-refractivity contribution in [2.75, 3.05) is 18.4 Å². The van der Waals surface area contributed by atoms with Gasteiger partial charge in [0.2, 0.25) is 5.91 Å². The van der Waals surface area contributed by atoms with Crippen LogP contribution >= 0.6 is 15.9 Å². The van der Waals surface area contributed by atoms with Gasteiger partial charge in [0.1, 0.15) is 5.82 Å². The normalized spacial score (nSPS) is 17.2. The molecule has 2 aromatic carbocycles. The first-order chi connectivity index (χ1) is 12.1. The summed E-state index contributed by atoms with van der Waals surface area (Å²) in [5, 5.41) is 2.89. The van der Waals surface area contributed by atoms with Crippen molar-refractivity contribution >= 4 is 33.4 Å². The molecule has 1 aliphatic rings. The summed E-state index contributed by atoms with van der Waals surface area (Å²) in [4.78, 5) is 26.7. The van der Waals surface area contributed by atoms with Crippen LogP contribution in [0.25, 0.3) is 0 Å². The van der Waals surface area contributed by atoms with Crippen LogP contribution in [0.2, 0.25) is 0 Å². The van der Waals surface area contributed by atoms with E-state index >= 15 is 0 Å². The van der Waals surface area contributed by atoms with Crippen LogP contribution in [-0.2, 0) is 4.79 Å². The van der Waals surface area contributed by atoms with Gasteiger partial charge < -0.3 is 10.2 Å². The van der Waals surface area contributed by atoms with E-state index in [0.717, 1.165) is 4.47 Å². The summed E-state index contributed by atoms with van der Waals surface area (Å²) in [7, 11) is 0. The van der Waals surface area contributed by atoms with E-state index in [1.807, 2.05) is 24.3 Å². The van der Waals surface area contributed by atoms with Crippen LogP contribution in [0.4, 0.5) is 10.1 Å². The maximum Gasteiger partial charge on any atom is 0.256 e. The molecule has 0 saturated carbocycles. The molecule has 130 valence electrons. The molecule has 0 radical (unpaired) electrons. The lowest BCUT2D eigenvalue weighted by molar-refractivity contribution is -0.121. The van der Waals surface area contributed by atoms with Crippen LogP contribution < -0.4 is 5.32 Å². The Balaban J connectivity index is 1.69. The van der Waals surface area contributed by atoms with Crippen molar-refractivity contribution in [1.29, 1.82) is 0 Å².